The quantitative estimate of drug-likeness (QED) is 0.192. The number of nitrogens with one attached hydrogen (secondary N) is 1. The Hall–Kier alpha value is -4.92. The highest BCUT2D eigenvalue weighted by molar-refractivity contribution is 6.39. The number of aromatic nitrogens is 3. The Balaban J connectivity index is 1.26. The third kappa shape index (κ3) is 6.77. The number of benzene rings is 2. The fourth-order valence-electron chi connectivity index (χ4n) is 4.91. The molecule has 0 fully saturated rings. The molecule has 220 valence electrons. The third-order valence-electron chi connectivity index (χ3n) is 7.25. The molecule has 43 heavy (non-hydrogen) atoms. The Bertz CT molecular complexity index is 1720. The van der Waals surface area contributed by atoms with Crippen LogP contribution in [0, 0.1) is 10.8 Å². The molecule has 1 N–H and O–H groups in total. The molecule has 2 aromatic heterocycles. The van der Waals surface area contributed by atoms with Crippen LogP contribution >= 0.6 is 0 Å². The molecular weight excluding hydrogens is 542 g/mol. The van der Waals surface area contributed by atoms with Crippen molar-refractivity contribution in [3.63, 3.8) is 0 Å². The van der Waals surface area contributed by atoms with Crippen LogP contribution in [0.1, 0.15) is 50.9 Å². The number of hydrogen-bond acceptors (Lipinski definition) is 9. The molecule has 0 radical (unpaired) electrons. The largest absolute Gasteiger partial charge is 0.493 e. The summed E-state index contributed by atoms with van der Waals surface area (Å²) in [6.07, 6.45) is 6.23. The number of nitrogens with zero attached hydrogens (tertiary/aromatic N) is 4. The molecule has 0 amide bonds. The first-order valence-electron chi connectivity index (χ1n) is 14.1. The van der Waals surface area contributed by atoms with Crippen molar-refractivity contribution in [3.8, 4) is 23.1 Å². The van der Waals surface area contributed by atoms with E-state index in [0.29, 0.717) is 40.5 Å². The van der Waals surface area contributed by atoms with Gasteiger partial charge in [0.1, 0.15) is 18.1 Å². The van der Waals surface area contributed by atoms with Crippen LogP contribution < -0.4 is 14.2 Å². The first kappa shape index (κ1) is 29.6. The van der Waals surface area contributed by atoms with Crippen molar-refractivity contribution >= 4 is 28.1 Å². The van der Waals surface area contributed by atoms with E-state index in [1.165, 1.54) is 6.33 Å². The number of Topliss-reactive ketones (excluding diaryl/α,β-unsaturated/α-hetero) is 1. The minimum atomic E-state index is -0.204. The van der Waals surface area contributed by atoms with Gasteiger partial charge in [-0.25, -0.2) is 9.97 Å². The van der Waals surface area contributed by atoms with Gasteiger partial charge in [-0.05, 0) is 54.0 Å². The summed E-state index contributed by atoms with van der Waals surface area (Å²) in [4.78, 5) is 31.2. The fraction of sp³-hybridized carbons (Fsp3) is 0.294. The van der Waals surface area contributed by atoms with Crippen molar-refractivity contribution in [1.29, 1.82) is 5.41 Å². The van der Waals surface area contributed by atoms with E-state index in [1.807, 2.05) is 36.4 Å². The number of ether oxygens (including phenoxy) is 3. The second kappa shape index (κ2) is 12.5. The lowest BCUT2D eigenvalue weighted by atomic mass is 9.89. The lowest BCUT2D eigenvalue weighted by molar-refractivity contribution is -0.113. The van der Waals surface area contributed by atoms with Crippen LogP contribution in [-0.2, 0) is 11.2 Å². The standard InChI is InChI=1S/C34H35N5O4/c1-34(2,3)31-17-22(32(39-31)26-11-6-7-14-36-26)12-13-28(40)25(35)16-21-9-8-10-23(15-21)43-33-24-18-29(41-4)30(42-5)19-27(24)37-20-38-33/h6-11,14-15,17-20,32,35H,12-13,16H2,1-5H3. The van der Waals surface area contributed by atoms with Gasteiger partial charge < -0.3 is 19.6 Å². The third-order valence-corrected chi connectivity index (χ3v) is 7.25. The smallest absolute Gasteiger partial charge is 0.230 e. The molecule has 2 aromatic carbocycles. The van der Waals surface area contributed by atoms with Crippen LogP contribution in [-0.4, -0.2) is 46.4 Å². The number of methoxy groups -OCH3 is 2. The number of rotatable bonds is 11. The van der Waals surface area contributed by atoms with E-state index in [4.69, 9.17) is 24.6 Å². The molecule has 0 bridgehead atoms. The van der Waals surface area contributed by atoms with Gasteiger partial charge in [-0.1, -0.05) is 39.0 Å². The number of pyridine rings is 1. The number of hydrogen-bond donors (Lipinski definition) is 1. The molecule has 0 aliphatic carbocycles. The van der Waals surface area contributed by atoms with Crippen LogP contribution in [0.25, 0.3) is 10.9 Å². The highest BCUT2D eigenvalue weighted by atomic mass is 16.5. The lowest BCUT2D eigenvalue weighted by Crippen LogP contribution is -2.16. The highest BCUT2D eigenvalue weighted by Gasteiger charge is 2.29. The molecule has 1 aliphatic rings. The molecule has 1 unspecified atom stereocenters. The number of aliphatic imine (C=N–C) groups is 1. The van der Waals surface area contributed by atoms with Crippen LogP contribution in [0.15, 0.2) is 83.8 Å². The fourth-order valence-corrected chi connectivity index (χ4v) is 4.91. The number of allylic oxidation sites excluding steroid dienone is 1. The molecule has 3 heterocycles. The van der Waals surface area contributed by atoms with Crippen LogP contribution in [0.5, 0.6) is 23.1 Å². The van der Waals surface area contributed by atoms with Crippen molar-refractivity contribution < 1.29 is 19.0 Å². The second-order valence-corrected chi connectivity index (χ2v) is 11.4. The predicted molar refractivity (Wildman–Crippen MR) is 167 cm³/mol. The van der Waals surface area contributed by atoms with E-state index < -0.39 is 0 Å². The van der Waals surface area contributed by atoms with Gasteiger partial charge in [-0.3, -0.25) is 14.8 Å². The van der Waals surface area contributed by atoms with Crippen molar-refractivity contribution in [2.75, 3.05) is 14.2 Å². The molecule has 9 nitrogen and oxygen atoms in total. The van der Waals surface area contributed by atoms with E-state index in [-0.39, 0.29) is 35.8 Å². The molecule has 0 saturated carbocycles. The summed E-state index contributed by atoms with van der Waals surface area (Å²) in [6, 6.07) is 16.5. The zero-order valence-electron chi connectivity index (χ0n) is 25.0. The van der Waals surface area contributed by atoms with Gasteiger partial charge in [0, 0.05) is 36.2 Å². The number of fused-ring (bicyclic) bond motifs is 1. The normalized spacial score (nSPS) is 14.7. The Labute approximate surface area is 251 Å². The number of ketones is 1. The predicted octanol–water partition coefficient (Wildman–Crippen LogP) is 6.91. The summed E-state index contributed by atoms with van der Waals surface area (Å²) in [5, 5.41) is 9.21. The molecule has 0 saturated heterocycles. The SMILES string of the molecule is COc1cc2ncnc(Oc3cccc(CC(=N)C(=O)CCC4=CC(C(C)(C)C)=NC4c4ccccn4)c3)c2cc1OC. The van der Waals surface area contributed by atoms with Crippen molar-refractivity contribution in [1.82, 2.24) is 15.0 Å². The Morgan fingerprint density at radius 2 is 1.74 bits per heavy atom. The highest BCUT2D eigenvalue weighted by Crippen LogP contribution is 2.37. The monoisotopic (exact) mass is 577 g/mol. The molecule has 0 spiro atoms. The van der Waals surface area contributed by atoms with Crippen LogP contribution in [0.4, 0.5) is 0 Å². The first-order valence-corrected chi connectivity index (χ1v) is 14.1. The zero-order valence-corrected chi connectivity index (χ0v) is 25.0. The minimum Gasteiger partial charge on any atom is -0.493 e. The van der Waals surface area contributed by atoms with E-state index >= 15 is 0 Å². The van der Waals surface area contributed by atoms with Gasteiger partial charge in [0.2, 0.25) is 5.88 Å². The van der Waals surface area contributed by atoms with Crippen LogP contribution in [0.3, 0.4) is 0 Å². The van der Waals surface area contributed by atoms with Crippen molar-refractivity contribution in [3.05, 3.63) is 90.0 Å². The Kier molecular flexibility index (Phi) is 8.61. The average Bonchev–Trinajstić information content (AvgIpc) is 3.45. The minimum absolute atomic E-state index is 0.0476. The van der Waals surface area contributed by atoms with Gasteiger partial charge >= 0.3 is 0 Å². The molecule has 9 heteroatoms. The second-order valence-electron chi connectivity index (χ2n) is 11.4. The van der Waals surface area contributed by atoms with Gasteiger partial charge in [0.25, 0.3) is 0 Å². The van der Waals surface area contributed by atoms with Gasteiger partial charge in [0.05, 0.1) is 36.5 Å². The molecule has 1 atom stereocenters. The Morgan fingerprint density at radius 1 is 0.953 bits per heavy atom. The molecule has 4 aromatic rings. The van der Waals surface area contributed by atoms with Gasteiger partial charge in [0.15, 0.2) is 17.3 Å². The maximum absolute atomic E-state index is 13.1. The number of carbonyl (C=O) groups excluding carboxylic acids is 1. The van der Waals surface area contributed by atoms with Gasteiger partial charge in [-0.15, -0.1) is 0 Å². The molecule has 1 aliphatic heterocycles. The summed E-state index contributed by atoms with van der Waals surface area (Å²) in [5.74, 6) is 1.80. The Morgan fingerprint density at radius 3 is 2.47 bits per heavy atom. The molecular formula is C34H35N5O4. The van der Waals surface area contributed by atoms with Crippen LogP contribution in [0.2, 0.25) is 0 Å². The van der Waals surface area contributed by atoms with Crippen molar-refractivity contribution in [2.45, 2.75) is 46.1 Å². The summed E-state index contributed by atoms with van der Waals surface area (Å²) < 4.78 is 16.9. The van der Waals surface area contributed by atoms with Gasteiger partial charge in [-0.2, -0.15) is 0 Å². The number of carbonyl (C=O) groups is 1. The van der Waals surface area contributed by atoms with E-state index in [0.717, 1.165) is 22.5 Å². The lowest BCUT2D eigenvalue weighted by Gasteiger charge is -2.17. The van der Waals surface area contributed by atoms with Crippen molar-refractivity contribution in [2.24, 2.45) is 10.4 Å². The summed E-state index contributed by atoms with van der Waals surface area (Å²) in [6.45, 7) is 6.38. The summed E-state index contributed by atoms with van der Waals surface area (Å²) in [7, 11) is 3.13. The van der Waals surface area contributed by atoms with E-state index in [2.05, 4.69) is 41.8 Å². The summed E-state index contributed by atoms with van der Waals surface area (Å²) in [5.41, 5.74) is 4.27. The van der Waals surface area contributed by atoms with E-state index in [1.54, 1.807) is 38.6 Å². The maximum atomic E-state index is 13.1. The summed E-state index contributed by atoms with van der Waals surface area (Å²) >= 11 is 0. The maximum Gasteiger partial charge on any atom is 0.230 e. The average molecular weight is 578 g/mol. The molecule has 5 rings (SSSR count). The van der Waals surface area contributed by atoms with E-state index in [9.17, 15) is 4.79 Å². The zero-order chi connectivity index (χ0) is 30.6. The first-order chi connectivity index (χ1) is 20.7. The topological polar surface area (TPSA) is 120 Å².